The van der Waals surface area contributed by atoms with E-state index in [0.717, 1.165) is 32.1 Å². The van der Waals surface area contributed by atoms with Crippen LogP contribution < -0.4 is 0 Å². The smallest absolute Gasteiger partial charge is 0.338 e. The molecule has 1 aliphatic carbocycles. The molecule has 8 heteroatoms. The standard InChI is InChI=1S/C24H28O4.C21H24O4/c25-22(20-10-4-1-5-11-20)27-18-16-24(14-8-3-9-15-24)17-19-28-23(26)21-12-6-2-7-13-21;1-21(2,16-25-20(23)18-12-7-4-8-13-18)14-9-15-24-19(22)17-10-5-3-6-11-17/h1-2,4-7,10-13H,3,8-9,14-19H2;3-8,10-13H,9,14-16H2,1-2H3. The molecule has 4 aromatic carbocycles. The Bertz CT molecular complexity index is 1620. The molecule has 0 unspecified atom stereocenters. The molecule has 53 heavy (non-hydrogen) atoms. The summed E-state index contributed by atoms with van der Waals surface area (Å²) in [6.45, 7) is 5.55. The second-order valence-corrected chi connectivity index (χ2v) is 14.3. The maximum Gasteiger partial charge on any atom is 0.338 e. The van der Waals surface area contributed by atoms with E-state index in [1.165, 1.54) is 19.3 Å². The molecule has 0 atom stereocenters. The van der Waals surface area contributed by atoms with Gasteiger partial charge in [0.15, 0.2) is 0 Å². The summed E-state index contributed by atoms with van der Waals surface area (Å²) in [5.41, 5.74) is 2.18. The molecule has 1 saturated carbocycles. The van der Waals surface area contributed by atoms with Crippen molar-refractivity contribution in [3.8, 4) is 0 Å². The number of esters is 4. The fraction of sp³-hybridized carbons (Fsp3) is 0.378. The number of benzene rings is 4. The van der Waals surface area contributed by atoms with Crippen LogP contribution in [0.25, 0.3) is 0 Å². The normalized spacial score (nSPS) is 13.4. The fourth-order valence-electron chi connectivity index (χ4n) is 6.33. The zero-order valence-electron chi connectivity index (χ0n) is 31.0. The second kappa shape index (κ2) is 21.3. The van der Waals surface area contributed by atoms with Gasteiger partial charge in [-0.15, -0.1) is 0 Å². The maximum atomic E-state index is 12.2. The summed E-state index contributed by atoms with van der Waals surface area (Å²) in [5.74, 6) is -1.18. The SMILES string of the molecule is CC(C)(CCCOC(=O)c1ccccc1)COC(=O)c1ccccc1.O=C(OCCC1(CCOC(=O)c2ccccc2)CCCCC1)c1ccccc1. The highest BCUT2D eigenvalue weighted by Crippen LogP contribution is 2.42. The zero-order valence-corrected chi connectivity index (χ0v) is 31.0. The van der Waals surface area contributed by atoms with Crippen molar-refractivity contribution in [1.82, 2.24) is 0 Å². The van der Waals surface area contributed by atoms with Gasteiger partial charge in [0.2, 0.25) is 0 Å². The van der Waals surface area contributed by atoms with Crippen LogP contribution in [0.1, 0.15) is 113 Å². The Balaban J connectivity index is 0.000000238. The van der Waals surface area contributed by atoms with Gasteiger partial charge in [0.1, 0.15) is 0 Å². The van der Waals surface area contributed by atoms with Crippen molar-refractivity contribution in [2.24, 2.45) is 10.8 Å². The van der Waals surface area contributed by atoms with Crippen LogP contribution in [0, 0.1) is 10.8 Å². The van der Waals surface area contributed by atoms with Gasteiger partial charge in [-0.3, -0.25) is 0 Å². The quantitative estimate of drug-likeness (QED) is 0.0640. The van der Waals surface area contributed by atoms with Gasteiger partial charge in [0.25, 0.3) is 0 Å². The lowest BCUT2D eigenvalue weighted by Gasteiger charge is -2.37. The van der Waals surface area contributed by atoms with Crippen LogP contribution in [0.3, 0.4) is 0 Å². The van der Waals surface area contributed by atoms with E-state index in [9.17, 15) is 19.2 Å². The molecule has 0 N–H and O–H groups in total. The Morgan fingerprint density at radius 2 is 0.830 bits per heavy atom. The fourth-order valence-corrected chi connectivity index (χ4v) is 6.33. The van der Waals surface area contributed by atoms with Crippen LogP contribution in [-0.4, -0.2) is 50.3 Å². The third-order valence-electron chi connectivity index (χ3n) is 9.51. The molecule has 1 aliphatic rings. The minimum Gasteiger partial charge on any atom is -0.462 e. The first-order chi connectivity index (χ1) is 25.7. The number of hydrogen-bond donors (Lipinski definition) is 0. The molecular weight excluding hydrogens is 668 g/mol. The van der Waals surface area contributed by atoms with Crippen LogP contribution in [0.15, 0.2) is 121 Å². The summed E-state index contributed by atoms with van der Waals surface area (Å²) >= 11 is 0. The van der Waals surface area contributed by atoms with E-state index in [4.69, 9.17) is 18.9 Å². The van der Waals surface area contributed by atoms with Gasteiger partial charge in [0, 0.05) is 0 Å². The van der Waals surface area contributed by atoms with Gasteiger partial charge < -0.3 is 18.9 Å². The lowest BCUT2D eigenvalue weighted by Crippen LogP contribution is -2.28. The lowest BCUT2D eigenvalue weighted by molar-refractivity contribution is 0.0270. The Labute approximate surface area is 313 Å². The van der Waals surface area contributed by atoms with Gasteiger partial charge in [-0.05, 0) is 97.9 Å². The molecule has 0 spiro atoms. The number of carbonyl (C=O) groups excluding carboxylic acids is 4. The third kappa shape index (κ3) is 14.4. The average Bonchev–Trinajstić information content (AvgIpc) is 3.20. The predicted octanol–water partition coefficient (Wildman–Crippen LogP) is 9.94. The lowest BCUT2D eigenvalue weighted by atomic mass is 9.70. The summed E-state index contributed by atoms with van der Waals surface area (Å²) in [6, 6.07) is 36.0. The monoisotopic (exact) mass is 720 g/mol. The Morgan fingerprint density at radius 3 is 1.21 bits per heavy atom. The minimum atomic E-state index is -0.316. The van der Waals surface area contributed by atoms with Gasteiger partial charge in [-0.1, -0.05) is 106 Å². The van der Waals surface area contributed by atoms with Crippen LogP contribution >= 0.6 is 0 Å². The van der Waals surface area contributed by atoms with E-state index in [2.05, 4.69) is 0 Å². The van der Waals surface area contributed by atoms with E-state index in [1.807, 2.05) is 74.5 Å². The summed E-state index contributed by atoms with van der Waals surface area (Å²) < 4.78 is 21.7. The Morgan fingerprint density at radius 1 is 0.491 bits per heavy atom. The molecule has 4 aromatic rings. The van der Waals surface area contributed by atoms with Gasteiger partial charge in [0.05, 0.1) is 48.7 Å². The largest absolute Gasteiger partial charge is 0.462 e. The molecule has 0 radical (unpaired) electrons. The third-order valence-corrected chi connectivity index (χ3v) is 9.51. The van der Waals surface area contributed by atoms with Crippen LogP contribution in [-0.2, 0) is 18.9 Å². The average molecular weight is 721 g/mol. The van der Waals surface area contributed by atoms with Gasteiger partial charge >= 0.3 is 23.9 Å². The molecule has 0 bridgehead atoms. The summed E-state index contributed by atoms with van der Waals surface area (Å²) in [5, 5.41) is 0. The topological polar surface area (TPSA) is 105 Å². The van der Waals surface area contributed by atoms with Crippen molar-refractivity contribution in [1.29, 1.82) is 0 Å². The molecule has 8 nitrogen and oxygen atoms in total. The first kappa shape index (κ1) is 40.5. The highest BCUT2D eigenvalue weighted by Gasteiger charge is 2.32. The van der Waals surface area contributed by atoms with Crippen molar-refractivity contribution in [2.45, 2.75) is 71.6 Å². The number of hydrogen-bond acceptors (Lipinski definition) is 8. The minimum absolute atomic E-state index is 0.0895. The highest BCUT2D eigenvalue weighted by atomic mass is 16.5. The number of rotatable bonds is 16. The summed E-state index contributed by atoms with van der Waals surface area (Å²) in [7, 11) is 0. The van der Waals surface area contributed by atoms with E-state index in [0.29, 0.717) is 55.1 Å². The predicted molar refractivity (Wildman–Crippen MR) is 205 cm³/mol. The van der Waals surface area contributed by atoms with E-state index < -0.39 is 0 Å². The Kier molecular flexibility index (Phi) is 16.3. The zero-order chi connectivity index (χ0) is 37.8. The molecule has 5 rings (SSSR count). The Hall–Kier alpha value is -5.24. The van der Waals surface area contributed by atoms with Gasteiger partial charge in [-0.25, -0.2) is 19.2 Å². The first-order valence-corrected chi connectivity index (χ1v) is 18.6. The second-order valence-electron chi connectivity index (χ2n) is 14.3. The maximum absolute atomic E-state index is 12.2. The summed E-state index contributed by atoms with van der Waals surface area (Å²) in [6.07, 6.45) is 8.93. The molecule has 280 valence electrons. The molecule has 0 aromatic heterocycles. The number of carbonyl (C=O) groups is 4. The van der Waals surface area contributed by atoms with Crippen molar-refractivity contribution in [3.63, 3.8) is 0 Å². The van der Waals surface area contributed by atoms with Crippen molar-refractivity contribution < 1.29 is 38.1 Å². The molecule has 0 heterocycles. The molecular formula is C45H52O8. The molecule has 0 amide bonds. The number of ether oxygens (including phenoxy) is 4. The van der Waals surface area contributed by atoms with Gasteiger partial charge in [-0.2, -0.15) is 0 Å². The van der Waals surface area contributed by atoms with E-state index >= 15 is 0 Å². The van der Waals surface area contributed by atoms with Crippen LogP contribution in [0.2, 0.25) is 0 Å². The van der Waals surface area contributed by atoms with Crippen molar-refractivity contribution in [2.75, 3.05) is 26.4 Å². The highest BCUT2D eigenvalue weighted by molar-refractivity contribution is 5.90. The van der Waals surface area contributed by atoms with Crippen molar-refractivity contribution in [3.05, 3.63) is 144 Å². The summed E-state index contributed by atoms with van der Waals surface area (Å²) in [4.78, 5) is 48.1. The van der Waals surface area contributed by atoms with E-state index in [1.54, 1.807) is 60.7 Å². The molecule has 0 aliphatic heterocycles. The first-order valence-electron chi connectivity index (χ1n) is 18.6. The van der Waals surface area contributed by atoms with Crippen LogP contribution in [0.4, 0.5) is 0 Å². The van der Waals surface area contributed by atoms with E-state index in [-0.39, 0.29) is 34.7 Å². The molecule has 0 saturated heterocycles. The molecule has 1 fully saturated rings. The van der Waals surface area contributed by atoms with Crippen molar-refractivity contribution >= 4 is 23.9 Å². The van der Waals surface area contributed by atoms with Crippen LogP contribution in [0.5, 0.6) is 0 Å².